The number of rotatable bonds is 4. The molecule has 0 spiro atoms. The van der Waals surface area contributed by atoms with Crippen LogP contribution in [0.4, 0.5) is 4.79 Å². The van der Waals surface area contributed by atoms with Gasteiger partial charge < -0.3 is 15.1 Å². The Labute approximate surface area is 123 Å². The first-order valence-corrected chi connectivity index (χ1v) is 7.21. The Balaban J connectivity index is 1.61. The molecule has 21 heavy (non-hydrogen) atoms. The van der Waals surface area contributed by atoms with Crippen LogP contribution in [0.2, 0.25) is 0 Å². The molecule has 2 aromatic heterocycles. The lowest BCUT2D eigenvalue weighted by molar-refractivity contribution is 0.236. The fourth-order valence-corrected chi connectivity index (χ4v) is 2.59. The molecule has 0 aliphatic heterocycles. The van der Waals surface area contributed by atoms with Gasteiger partial charge in [0.05, 0.1) is 18.5 Å². The molecule has 2 heterocycles. The molecule has 1 fully saturated rings. The molecular weight excluding hydrogens is 268 g/mol. The highest BCUT2D eigenvalue weighted by Gasteiger charge is 2.17. The lowest BCUT2D eigenvalue weighted by Crippen LogP contribution is -2.40. The summed E-state index contributed by atoms with van der Waals surface area (Å²) in [5.41, 5.74) is 1.35. The van der Waals surface area contributed by atoms with Crippen molar-refractivity contribution in [1.29, 1.82) is 0 Å². The number of urea groups is 1. The lowest BCUT2D eigenvalue weighted by atomic mass is 10.2. The second-order valence-electron chi connectivity index (χ2n) is 5.14. The van der Waals surface area contributed by atoms with Crippen LogP contribution in [0.3, 0.4) is 0 Å². The maximum Gasteiger partial charge on any atom is 0.315 e. The quantitative estimate of drug-likeness (QED) is 0.905. The van der Waals surface area contributed by atoms with E-state index in [0.717, 1.165) is 12.8 Å². The third-order valence-corrected chi connectivity index (χ3v) is 3.64. The van der Waals surface area contributed by atoms with Crippen molar-refractivity contribution in [2.75, 3.05) is 0 Å². The van der Waals surface area contributed by atoms with Crippen LogP contribution in [0.5, 0.6) is 0 Å². The minimum atomic E-state index is -0.155. The fraction of sp³-hybridized carbons (Fsp3) is 0.400. The molecule has 0 atom stereocenters. The molecule has 0 bridgehead atoms. The predicted octanol–water partition coefficient (Wildman–Crippen LogP) is 2.48. The van der Waals surface area contributed by atoms with E-state index >= 15 is 0 Å². The van der Waals surface area contributed by atoms with Gasteiger partial charge in [-0.3, -0.25) is 4.98 Å². The number of nitrogens with one attached hydrogen (secondary N) is 2. The fourth-order valence-electron chi connectivity index (χ4n) is 2.59. The Morgan fingerprint density at radius 1 is 1.29 bits per heavy atom. The lowest BCUT2D eigenvalue weighted by Gasteiger charge is -2.13. The SMILES string of the molecule is O=C(NCc1nccnc1-c1ccco1)NC1CCCC1. The van der Waals surface area contributed by atoms with E-state index < -0.39 is 0 Å². The van der Waals surface area contributed by atoms with Gasteiger partial charge in [-0.2, -0.15) is 0 Å². The minimum Gasteiger partial charge on any atom is -0.463 e. The van der Waals surface area contributed by atoms with Crippen LogP contribution in [0.15, 0.2) is 35.2 Å². The summed E-state index contributed by atoms with van der Waals surface area (Å²) in [5.74, 6) is 0.649. The Bertz CT molecular complexity index is 591. The minimum absolute atomic E-state index is 0.155. The van der Waals surface area contributed by atoms with Gasteiger partial charge in [0, 0.05) is 18.4 Å². The van der Waals surface area contributed by atoms with E-state index in [2.05, 4.69) is 20.6 Å². The molecule has 3 rings (SSSR count). The van der Waals surface area contributed by atoms with Crippen LogP contribution in [0, 0.1) is 0 Å². The summed E-state index contributed by atoms with van der Waals surface area (Å²) in [6, 6.07) is 3.77. The van der Waals surface area contributed by atoms with E-state index in [9.17, 15) is 4.79 Å². The summed E-state index contributed by atoms with van der Waals surface area (Å²) in [5, 5.41) is 5.82. The average molecular weight is 286 g/mol. The van der Waals surface area contributed by atoms with Crippen molar-refractivity contribution in [1.82, 2.24) is 20.6 Å². The molecule has 6 nitrogen and oxygen atoms in total. The largest absolute Gasteiger partial charge is 0.463 e. The summed E-state index contributed by atoms with van der Waals surface area (Å²) >= 11 is 0. The number of furan rings is 1. The summed E-state index contributed by atoms with van der Waals surface area (Å²) in [7, 11) is 0. The van der Waals surface area contributed by atoms with Gasteiger partial charge >= 0.3 is 6.03 Å². The molecule has 0 saturated heterocycles. The Morgan fingerprint density at radius 3 is 2.86 bits per heavy atom. The Hall–Kier alpha value is -2.37. The van der Waals surface area contributed by atoms with Crippen LogP contribution in [0.25, 0.3) is 11.5 Å². The monoisotopic (exact) mass is 286 g/mol. The predicted molar refractivity (Wildman–Crippen MR) is 77.4 cm³/mol. The van der Waals surface area contributed by atoms with Crippen molar-refractivity contribution >= 4 is 6.03 Å². The second kappa shape index (κ2) is 6.39. The average Bonchev–Trinajstić information content (AvgIpc) is 3.18. The van der Waals surface area contributed by atoms with Crippen LogP contribution >= 0.6 is 0 Å². The molecular formula is C15H18N4O2. The highest BCUT2D eigenvalue weighted by molar-refractivity contribution is 5.74. The molecule has 2 N–H and O–H groups in total. The van der Waals surface area contributed by atoms with Crippen molar-refractivity contribution < 1.29 is 9.21 Å². The summed E-state index contributed by atoms with van der Waals surface area (Å²) in [6.07, 6.45) is 9.33. The summed E-state index contributed by atoms with van der Waals surface area (Å²) in [4.78, 5) is 20.4. The first kappa shape index (κ1) is 13.6. The zero-order valence-corrected chi connectivity index (χ0v) is 11.7. The van der Waals surface area contributed by atoms with E-state index in [0.29, 0.717) is 29.7 Å². The summed E-state index contributed by atoms with van der Waals surface area (Å²) in [6.45, 7) is 0.322. The maximum absolute atomic E-state index is 11.9. The van der Waals surface area contributed by atoms with E-state index in [1.165, 1.54) is 12.8 Å². The van der Waals surface area contributed by atoms with Crippen LogP contribution in [0.1, 0.15) is 31.4 Å². The van der Waals surface area contributed by atoms with Gasteiger partial charge in [-0.25, -0.2) is 9.78 Å². The van der Waals surface area contributed by atoms with Crippen molar-refractivity contribution in [3.63, 3.8) is 0 Å². The normalized spacial score (nSPS) is 15.0. The van der Waals surface area contributed by atoms with Crippen LogP contribution in [-0.2, 0) is 6.54 Å². The van der Waals surface area contributed by atoms with Gasteiger partial charge in [0.15, 0.2) is 5.76 Å². The molecule has 2 amide bonds. The molecule has 0 unspecified atom stereocenters. The highest BCUT2D eigenvalue weighted by Crippen LogP contribution is 2.20. The molecule has 0 aromatic carbocycles. The smallest absolute Gasteiger partial charge is 0.315 e. The zero-order chi connectivity index (χ0) is 14.5. The third-order valence-electron chi connectivity index (χ3n) is 3.64. The first-order chi connectivity index (χ1) is 10.3. The topological polar surface area (TPSA) is 80.1 Å². The van der Waals surface area contributed by atoms with E-state index in [1.54, 1.807) is 24.7 Å². The number of hydrogen-bond acceptors (Lipinski definition) is 4. The van der Waals surface area contributed by atoms with Crippen molar-refractivity contribution in [2.24, 2.45) is 0 Å². The van der Waals surface area contributed by atoms with Crippen LogP contribution in [-0.4, -0.2) is 22.0 Å². The van der Waals surface area contributed by atoms with Gasteiger partial charge in [0.25, 0.3) is 0 Å². The molecule has 1 saturated carbocycles. The van der Waals surface area contributed by atoms with Gasteiger partial charge in [0.2, 0.25) is 0 Å². The molecule has 6 heteroatoms. The number of amides is 2. The number of aromatic nitrogens is 2. The van der Waals surface area contributed by atoms with Gasteiger partial charge in [0.1, 0.15) is 5.69 Å². The van der Waals surface area contributed by atoms with Crippen molar-refractivity contribution in [2.45, 2.75) is 38.3 Å². The van der Waals surface area contributed by atoms with E-state index in [1.807, 2.05) is 6.07 Å². The highest BCUT2D eigenvalue weighted by atomic mass is 16.3. The molecule has 0 radical (unpaired) electrons. The van der Waals surface area contributed by atoms with Gasteiger partial charge in [-0.15, -0.1) is 0 Å². The molecule has 2 aromatic rings. The maximum atomic E-state index is 11.9. The second-order valence-corrected chi connectivity index (χ2v) is 5.14. The van der Waals surface area contributed by atoms with Crippen molar-refractivity contribution in [3.8, 4) is 11.5 Å². The number of carbonyl (C=O) groups excluding carboxylic acids is 1. The van der Waals surface area contributed by atoms with Gasteiger partial charge in [-0.05, 0) is 25.0 Å². The summed E-state index contributed by atoms with van der Waals surface area (Å²) < 4.78 is 5.34. The Morgan fingerprint density at radius 2 is 2.10 bits per heavy atom. The zero-order valence-electron chi connectivity index (χ0n) is 11.7. The van der Waals surface area contributed by atoms with E-state index in [-0.39, 0.29) is 6.03 Å². The van der Waals surface area contributed by atoms with Crippen molar-refractivity contribution in [3.05, 3.63) is 36.5 Å². The van der Waals surface area contributed by atoms with Gasteiger partial charge in [-0.1, -0.05) is 12.8 Å². The number of carbonyl (C=O) groups is 1. The number of nitrogens with zero attached hydrogens (tertiary/aromatic N) is 2. The molecule has 110 valence electrons. The Kier molecular flexibility index (Phi) is 4.14. The number of hydrogen-bond donors (Lipinski definition) is 2. The van der Waals surface area contributed by atoms with Crippen LogP contribution < -0.4 is 10.6 Å². The van der Waals surface area contributed by atoms with E-state index in [4.69, 9.17) is 4.42 Å². The standard InChI is InChI=1S/C15H18N4O2/c20-15(19-11-4-1-2-5-11)18-10-12-14(17-8-7-16-12)13-6-3-9-21-13/h3,6-9,11H,1-2,4-5,10H2,(H2,18,19,20). The molecule has 1 aliphatic rings. The molecule has 1 aliphatic carbocycles. The third kappa shape index (κ3) is 3.39. The first-order valence-electron chi connectivity index (χ1n) is 7.21.